The van der Waals surface area contributed by atoms with Crippen LogP contribution < -0.4 is 5.43 Å². The van der Waals surface area contributed by atoms with Crippen LogP contribution in [0.15, 0.2) is 24.3 Å². The molecule has 0 aliphatic rings. The van der Waals surface area contributed by atoms with Crippen molar-refractivity contribution in [3.8, 4) is 0 Å². The summed E-state index contributed by atoms with van der Waals surface area (Å²) in [5.74, 6) is -1.52. The molecule has 5 heteroatoms. The van der Waals surface area contributed by atoms with E-state index in [-0.39, 0.29) is 11.1 Å². The lowest BCUT2D eigenvalue weighted by atomic mass is 9.97. The molecule has 5 nitrogen and oxygen atoms in total. The zero-order valence-electron chi connectivity index (χ0n) is 12.5. The highest BCUT2D eigenvalue weighted by Crippen LogP contribution is 2.19. The summed E-state index contributed by atoms with van der Waals surface area (Å²) in [6.07, 6.45) is 0. The van der Waals surface area contributed by atoms with Gasteiger partial charge in [0, 0.05) is 11.4 Å². The first kappa shape index (κ1) is 14.8. The Hall–Kier alpha value is -2.56. The van der Waals surface area contributed by atoms with Crippen molar-refractivity contribution >= 4 is 11.9 Å². The molecule has 0 unspecified atom stereocenters. The molecule has 1 amide bonds. The summed E-state index contributed by atoms with van der Waals surface area (Å²) in [4.78, 5) is 24.0. The molecular weight excluding hydrogens is 268 g/mol. The van der Waals surface area contributed by atoms with Gasteiger partial charge in [0.25, 0.3) is 5.91 Å². The topological polar surface area (TPSA) is 71.3 Å². The van der Waals surface area contributed by atoms with Crippen LogP contribution in [0.4, 0.5) is 0 Å². The van der Waals surface area contributed by atoms with Crippen LogP contribution in [-0.2, 0) is 0 Å². The molecule has 0 saturated carbocycles. The van der Waals surface area contributed by atoms with Crippen LogP contribution in [0, 0.1) is 27.7 Å². The number of carbonyl (C=O) groups excluding carboxylic acids is 1. The summed E-state index contributed by atoms with van der Waals surface area (Å²) in [5, 5.41) is 9.37. The molecule has 0 fully saturated rings. The fourth-order valence-electron chi connectivity index (χ4n) is 2.38. The van der Waals surface area contributed by atoms with Gasteiger partial charge in [0.2, 0.25) is 0 Å². The van der Waals surface area contributed by atoms with Gasteiger partial charge >= 0.3 is 5.97 Å². The van der Waals surface area contributed by atoms with Gasteiger partial charge in [-0.3, -0.25) is 14.9 Å². The number of nitrogens with zero attached hydrogens (tertiary/aromatic N) is 1. The van der Waals surface area contributed by atoms with E-state index in [1.54, 1.807) is 30.7 Å². The summed E-state index contributed by atoms with van der Waals surface area (Å²) >= 11 is 0. The van der Waals surface area contributed by atoms with E-state index < -0.39 is 11.9 Å². The van der Waals surface area contributed by atoms with Gasteiger partial charge in [-0.25, -0.2) is 4.79 Å². The van der Waals surface area contributed by atoms with E-state index in [9.17, 15) is 14.7 Å². The van der Waals surface area contributed by atoms with Crippen molar-refractivity contribution < 1.29 is 14.7 Å². The van der Waals surface area contributed by atoms with Crippen LogP contribution in [-0.4, -0.2) is 21.7 Å². The Balaban J connectivity index is 2.49. The maximum absolute atomic E-state index is 12.5. The van der Waals surface area contributed by atoms with Crippen molar-refractivity contribution in [1.29, 1.82) is 0 Å². The number of aromatic nitrogens is 1. The van der Waals surface area contributed by atoms with Crippen molar-refractivity contribution in [3.05, 3.63) is 57.9 Å². The predicted octanol–water partition coefficient (Wildman–Crippen LogP) is 2.80. The van der Waals surface area contributed by atoms with Crippen molar-refractivity contribution in [1.82, 2.24) is 4.68 Å². The number of benzene rings is 1. The summed E-state index contributed by atoms with van der Waals surface area (Å²) < 4.78 is 1.65. The predicted molar refractivity (Wildman–Crippen MR) is 80.5 cm³/mol. The average Bonchev–Trinajstić information content (AvgIpc) is 2.72. The van der Waals surface area contributed by atoms with Crippen molar-refractivity contribution in [2.45, 2.75) is 27.7 Å². The fourth-order valence-corrected chi connectivity index (χ4v) is 2.38. The number of carboxylic acids is 1. The van der Waals surface area contributed by atoms with E-state index in [1.807, 2.05) is 26.0 Å². The highest BCUT2D eigenvalue weighted by Gasteiger charge is 2.21. The van der Waals surface area contributed by atoms with Crippen LogP contribution in [0.25, 0.3) is 0 Å². The van der Waals surface area contributed by atoms with Crippen LogP contribution in [0.3, 0.4) is 0 Å². The van der Waals surface area contributed by atoms with Gasteiger partial charge in [-0.1, -0.05) is 12.1 Å². The lowest BCUT2D eigenvalue weighted by Gasteiger charge is -2.15. The summed E-state index contributed by atoms with van der Waals surface area (Å²) in [6, 6.07) is 7.24. The Morgan fingerprint density at radius 1 is 0.905 bits per heavy atom. The molecule has 0 aliphatic heterocycles. The van der Waals surface area contributed by atoms with Crippen LogP contribution >= 0.6 is 0 Å². The third-order valence-electron chi connectivity index (χ3n) is 3.55. The number of carboxylic acid groups (broad SMARTS) is 1. The normalized spacial score (nSPS) is 10.5. The van der Waals surface area contributed by atoms with Gasteiger partial charge in [0.15, 0.2) is 0 Å². The van der Waals surface area contributed by atoms with E-state index in [0.29, 0.717) is 11.1 Å². The Morgan fingerprint density at radius 2 is 1.38 bits per heavy atom. The number of hydrogen-bond donors (Lipinski definition) is 2. The first-order valence-corrected chi connectivity index (χ1v) is 6.62. The van der Waals surface area contributed by atoms with Crippen molar-refractivity contribution in [3.63, 3.8) is 0 Å². The average molecular weight is 286 g/mol. The van der Waals surface area contributed by atoms with Gasteiger partial charge in [-0.15, -0.1) is 0 Å². The molecule has 2 aromatic rings. The number of carbonyl (C=O) groups is 2. The highest BCUT2D eigenvalue weighted by atomic mass is 16.4. The summed E-state index contributed by atoms with van der Waals surface area (Å²) in [7, 11) is 0. The zero-order valence-corrected chi connectivity index (χ0v) is 12.5. The Morgan fingerprint density at radius 3 is 1.86 bits per heavy atom. The third kappa shape index (κ3) is 2.67. The molecule has 110 valence electrons. The molecule has 0 radical (unpaired) electrons. The molecule has 0 aliphatic carbocycles. The van der Waals surface area contributed by atoms with Gasteiger partial charge < -0.3 is 5.11 Å². The summed E-state index contributed by atoms with van der Waals surface area (Å²) in [6.45, 7) is 7.16. The van der Waals surface area contributed by atoms with Gasteiger partial charge in [-0.2, -0.15) is 0 Å². The minimum atomic E-state index is -1.10. The Bertz CT molecular complexity index is 710. The quantitative estimate of drug-likeness (QED) is 0.911. The Kier molecular flexibility index (Phi) is 3.84. The SMILES string of the molecule is Cc1ccc(C)c(C(=O)Nn2c(C)ccc2C)c1C(=O)O. The van der Waals surface area contributed by atoms with E-state index in [2.05, 4.69) is 5.43 Å². The molecule has 0 saturated heterocycles. The second kappa shape index (κ2) is 5.44. The van der Waals surface area contributed by atoms with E-state index in [4.69, 9.17) is 0 Å². The first-order valence-electron chi connectivity index (χ1n) is 6.62. The molecule has 2 rings (SSSR count). The van der Waals surface area contributed by atoms with Crippen LogP contribution in [0.5, 0.6) is 0 Å². The van der Waals surface area contributed by atoms with E-state index >= 15 is 0 Å². The highest BCUT2D eigenvalue weighted by molar-refractivity contribution is 6.09. The number of aromatic carboxylic acids is 1. The molecular formula is C16H18N2O3. The van der Waals surface area contributed by atoms with Crippen molar-refractivity contribution in [2.75, 3.05) is 5.43 Å². The zero-order chi connectivity index (χ0) is 15.7. The minimum Gasteiger partial charge on any atom is -0.478 e. The minimum absolute atomic E-state index is 0.0509. The smallest absolute Gasteiger partial charge is 0.336 e. The summed E-state index contributed by atoms with van der Waals surface area (Å²) in [5.41, 5.74) is 5.97. The maximum atomic E-state index is 12.5. The van der Waals surface area contributed by atoms with Gasteiger partial charge in [0.1, 0.15) is 0 Å². The molecule has 0 atom stereocenters. The van der Waals surface area contributed by atoms with Gasteiger partial charge in [-0.05, 0) is 51.0 Å². The maximum Gasteiger partial charge on any atom is 0.336 e. The molecule has 2 N–H and O–H groups in total. The number of nitrogens with one attached hydrogen (secondary N) is 1. The molecule has 21 heavy (non-hydrogen) atoms. The molecule has 1 aromatic heterocycles. The number of amides is 1. The fraction of sp³-hybridized carbons (Fsp3) is 0.250. The lowest BCUT2D eigenvalue weighted by Crippen LogP contribution is -2.27. The van der Waals surface area contributed by atoms with E-state index in [0.717, 1.165) is 11.4 Å². The third-order valence-corrected chi connectivity index (χ3v) is 3.55. The first-order chi connectivity index (χ1) is 9.82. The van der Waals surface area contributed by atoms with E-state index in [1.165, 1.54) is 0 Å². The molecule has 0 spiro atoms. The van der Waals surface area contributed by atoms with Crippen LogP contribution in [0.2, 0.25) is 0 Å². The number of hydrogen-bond acceptors (Lipinski definition) is 2. The lowest BCUT2D eigenvalue weighted by molar-refractivity contribution is 0.0691. The second-order valence-corrected chi connectivity index (χ2v) is 5.15. The number of rotatable bonds is 3. The van der Waals surface area contributed by atoms with Gasteiger partial charge in [0.05, 0.1) is 11.1 Å². The largest absolute Gasteiger partial charge is 0.478 e. The van der Waals surface area contributed by atoms with Crippen LogP contribution in [0.1, 0.15) is 43.2 Å². The van der Waals surface area contributed by atoms with Crippen molar-refractivity contribution in [2.24, 2.45) is 0 Å². The number of aryl methyl sites for hydroxylation is 4. The molecule has 0 bridgehead atoms. The second-order valence-electron chi connectivity index (χ2n) is 5.15. The standard InChI is InChI=1S/C16H18N2O3/c1-9-5-6-10(2)14(16(20)21)13(9)15(19)17-18-11(3)7-8-12(18)4/h5-8H,1-4H3,(H,17,19)(H,20,21). The Labute approximate surface area is 123 Å². The molecule has 1 aromatic carbocycles. The molecule has 1 heterocycles. The monoisotopic (exact) mass is 286 g/mol.